The smallest absolute Gasteiger partial charge is 0.412 e. The van der Waals surface area contributed by atoms with Crippen LogP contribution in [0.15, 0.2) is 41.4 Å². The Morgan fingerprint density at radius 1 is 1.14 bits per heavy atom. The average molecular weight is 380 g/mol. The number of anilines is 1. The predicted octanol–water partition coefficient (Wildman–Crippen LogP) is 5.76. The van der Waals surface area contributed by atoms with Crippen LogP contribution in [-0.4, -0.2) is 24.5 Å². The third-order valence-electron chi connectivity index (χ3n) is 5.15. The first kappa shape index (κ1) is 19.9. The Balaban J connectivity index is 2.07. The summed E-state index contributed by atoms with van der Waals surface area (Å²) in [7, 11) is 1.66. The molecule has 1 N–H and O–H groups in total. The monoisotopic (exact) mass is 380 g/mol. The molecule has 1 heterocycles. The van der Waals surface area contributed by atoms with E-state index in [-0.39, 0.29) is 0 Å². The summed E-state index contributed by atoms with van der Waals surface area (Å²) >= 11 is 0. The van der Waals surface area contributed by atoms with E-state index in [1.54, 1.807) is 7.11 Å². The molecule has 0 saturated carbocycles. The molecule has 0 bridgehead atoms. The number of aliphatic imine (C=N–C) groups is 1. The molecule has 0 aromatic heterocycles. The predicted molar refractivity (Wildman–Crippen MR) is 113 cm³/mol. The van der Waals surface area contributed by atoms with Crippen molar-refractivity contribution in [1.29, 1.82) is 0 Å². The van der Waals surface area contributed by atoms with Gasteiger partial charge in [-0.15, -0.1) is 0 Å². The van der Waals surface area contributed by atoms with Gasteiger partial charge in [0.2, 0.25) is 0 Å². The molecule has 2 aromatic rings. The highest BCUT2D eigenvalue weighted by Gasteiger charge is 2.41. The van der Waals surface area contributed by atoms with Crippen molar-refractivity contribution in [3.8, 4) is 5.75 Å². The lowest BCUT2D eigenvalue weighted by Crippen LogP contribution is -2.31. The minimum absolute atomic E-state index is 0.447. The van der Waals surface area contributed by atoms with Gasteiger partial charge < -0.3 is 9.47 Å². The second-order valence-electron chi connectivity index (χ2n) is 8.33. The molecule has 1 aliphatic rings. The van der Waals surface area contributed by atoms with Gasteiger partial charge in [0.25, 0.3) is 0 Å². The number of rotatable bonds is 3. The first-order valence-corrected chi connectivity index (χ1v) is 9.40. The summed E-state index contributed by atoms with van der Waals surface area (Å²) in [6.45, 7) is 11.8. The molecule has 28 heavy (non-hydrogen) atoms. The third kappa shape index (κ3) is 3.49. The quantitative estimate of drug-likeness (QED) is 0.736. The maximum Gasteiger partial charge on any atom is 0.412 e. The fourth-order valence-electron chi connectivity index (χ4n) is 3.80. The molecule has 3 rings (SSSR count). The van der Waals surface area contributed by atoms with Crippen LogP contribution in [0.5, 0.6) is 5.75 Å². The normalized spacial score (nSPS) is 18.3. The van der Waals surface area contributed by atoms with Crippen molar-refractivity contribution in [1.82, 2.24) is 0 Å². The molecule has 0 spiro atoms. The van der Waals surface area contributed by atoms with Crippen LogP contribution in [0.3, 0.4) is 0 Å². The summed E-state index contributed by atoms with van der Waals surface area (Å²) in [5.41, 5.74) is 4.91. The van der Waals surface area contributed by atoms with E-state index in [2.05, 4.69) is 25.2 Å². The van der Waals surface area contributed by atoms with Gasteiger partial charge in [0.15, 0.2) is 0 Å². The number of amides is 1. The van der Waals surface area contributed by atoms with E-state index in [0.717, 1.165) is 22.7 Å². The van der Waals surface area contributed by atoms with E-state index in [4.69, 9.17) is 14.5 Å². The Hall–Kier alpha value is -2.82. The molecular weight excluding hydrogens is 352 g/mol. The molecule has 0 unspecified atom stereocenters. The Labute approximate surface area is 166 Å². The van der Waals surface area contributed by atoms with Crippen molar-refractivity contribution in [2.45, 2.75) is 52.6 Å². The second-order valence-corrected chi connectivity index (χ2v) is 8.33. The Kier molecular flexibility index (Phi) is 4.96. The second kappa shape index (κ2) is 6.97. The molecule has 0 saturated heterocycles. The zero-order valence-electron chi connectivity index (χ0n) is 17.6. The van der Waals surface area contributed by atoms with Gasteiger partial charge in [-0.05, 0) is 76.9 Å². The van der Waals surface area contributed by atoms with Crippen molar-refractivity contribution in [3.63, 3.8) is 0 Å². The van der Waals surface area contributed by atoms with E-state index in [9.17, 15) is 4.79 Å². The Morgan fingerprint density at radius 3 is 2.50 bits per heavy atom. The fourth-order valence-corrected chi connectivity index (χ4v) is 3.80. The van der Waals surface area contributed by atoms with Gasteiger partial charge >= 0.3 is 6.09 Å². The lowest BCUT2D eigenvalue weighted by Gasteiger charge is -2.30. The van der Waals surface area contributed by atoms with Gasteiger partial charge in [0.05, 0.1) is 18.2 Å². The fraction of sp³-hybridized carbons (Fsp3) is 0.391. The first-order valence-electron chi connectivity index (χ1n) is 9.40. The van der Waals surface area contributed by atoms with Crippen LogP contribution in [0.2, 0.25) is 0 Å². The van der Waals surface area contributed by atoms with E-state index < -0.39 is 17.1 Å². The third-order valence-corrected chi connectivity index (χ3v) is 5.15. The number of aryl methyl sites for hydroxylation is 1. The van der Waals surface area contributed by atoms with Crippen molar-refractivity contribution in [2.75, 3.05) is 12.4 Å². The number of carbonyl (C=O) groups excluding carboxylic acids is 1. The number of benzene rings is 2. The maximum atomic E-state index is 12.2. The minimum Gasteiger partial charge on any atom is -0.496 e. The zero-order chi connectivity index (χ0) is 20.7. The highest BCUT2D eigenvalue weighted by Crippen LogP contribution is 2.49. The summed E-state index contributed by atoms with van der Waals surface area (Å²) in [5, 5.41) is 2.83. The van der Waals surface area contributed by atoms with E-state index in [1.807, 2.05) is 58.0 Å². The van der Waals surface area contributed by atoms with Gasteiger partial charge in [-0.1, -0.05) is 12.1 Å². The molecule has 0 radical (unpaired) electrons. The van der Waals surface area contributed by atoms with Crippen LogP contribution in [0.4, 0.5) is 16.2 Å². The van der Waals surface area contributed by atoms with E-state index in [1.165, 1.54) is 11.1 Å². The number of carbonyl (C=O) groups is 1. The number of hydrogen-bond donors (Lipinski definition) is 1. The summed E-state index contributed by atoms with van der Waals surface area (Å²) in [4.78, 5) is 17.0. The summed E-state index contributed by atoms with van der Waals surface area (Å²) in [6.07, 6.45) is -0.484. The largest absolute Gasteiger partial charge is 0.496 e. The van der Waals surface area contributed by atoms with Crippen molar-refractivity contribution < 1.29 is 14.3 Å². The lowest BCUT2D eigenvalue weighted by atomic mass is 9.72. The van der Waals surface area contributed by atoms with Gasteiger partial charge in [0.1, 0.15) is 11.4 Å². The van der Waals surface area contributed by atoms with Crippen molar-refractivity contribution in [2.24, 2.45) is 4.99 Å². The van der Waals surface area contributed by atoms with E-state index >= 15 is 0 Å². The zero-order valence-corrected chi connectivity index (χ0v) is 17.6. The molecule has 5 heteroatoms. The lowest BCUT2D eigenvalue weighted by molar-refractivity contribution is 0.0636. The Bertz CT molecular complexity index is 957. The summed E-state index contributed by atoms with van der Waals surface area (Å²) in [5.74, 6) is 0.753. The average Bonchev–Trinajstić information content (AvgIpc) is 2.86. The molecule has 1 amide bonds. The highest BCUT2D eigenvalue weighted by molar-refractivity contribution is 6.04. The minimum atomic E-state index is -0.559. The number of ether oxygens (including phenoxy) is 2. The maximum absolute atomic E-state index is 12.2. The van der Waals surface area contributed by atoms with Crippen LogP contribution in [0.1, 0.15) is 51.3 Å². The van der Waals surface area contributed by atoms with Gasteiger partial charge in [-0.2, -0.15) is 0 Å². The molecular formula is C23H28N2O3. The standard InChI is InChI=1S/C23H28N2O3/c1-14-9-8-10-18-20(14)23(6,15(2)24-18)17-13-16(11-12-19(17)27-7)25-21(26)28-22(3,4)5/h8-13H,1-7H3,(H,25,26)/t23-/m1/s1. The van der Waals surface area contributed by atoms with Crippen LogP contribution >= 0.6 is 0 Å². The number of nitrogens with zero attached hydrogens (tertiary/aromatic N) is 1. The summed E-state index contributed by atoms with van der Waals surface area (Å²) in [6, 6.07) is 11.8. The van der Waals surface area contributed by atoms with Crippen LogP contribution in [0.25, 0.3) is 0 Å². The molecule has 0 aliphatic carbocycles. The summed E-state index contributed by atoms with van der Waals surface area (Å²) < 4.78 is 11.0. The number of nitrogens with one attached hydrogen (secondary N) is 1. The van der Waals surface area contributed by atoms with Crippen LogP contribution in [0, 0.1) is 6.92 Å². The molecule has 148 valence electrons. The first-order chi connectivity index (χ1) is 13.1. The SMILES string of the molecule is COc1ccc(NC(=O)OC(C)(C)C)cc1[C@@]1(C)C(C)=Nc2cccc(C)c21. The number of fused-ring (bicyclic) bond motifs is 1. The van der Waals surface area contributed by atoms with Gasteiger partial charge in [-0.25, -0.2) is 4.79 Å². The molecule has 0 fully saturated rings. The molecule has 1 aliphatic heterocycles. The van der Waals surface area contributed by atoms with E-state index in [0.29, 0.717) is 5.69 Å². The molecule has 2 aromatic carbocycles. The number of methoxy groups -OCH3 is 1. The van der Waals surface area contributed by atoms with Crippen molar-refractivity contribution >= 4 is 23.2 Å². The molecule has 1 atom stereocenters. The van der Waals surface area contributed by atoms with Crippen molar-refractivity contribution in [3.05, 3.63) is 53.1 Å². The topological polar surface area (TPSA) is 59.9 Å². The Morgan fingerprint density at radius 2 is 1.86 bits per heavy atom. The van der Waals surface area contributed by atoms with Gasteiger partial charge in [-0.3, -0.25) is 10.3 Å². The van der Waals surface area contributed by atoms with Crippen LogP contribution in [-0.2, 0) is 10.2 Å². The highest BCUT2D eigenvalue weighted by atomic mass is 16.6. The van der Waals surface area contributed by atoms with Gasteiger partial charge in [0, 0.05) is 17.0 Å². The molecule has 5 nitrogen and oxygen atoms in total. The van der Waals surface area contributed by atoms with Crippen LogP contribution < -0.4 is 10.1 Å². The number of hydrogen-bond acceptors (Lipinski definition) is 4.